The van der Waals surface area contributed by atoms with E-state index in [-0.39, 0.29) is 5.43 Å². The second-order valence-corrected chi connectivity index (χ2v) is 6.58. The Balaban J connectivity index is 1.91. The van der Waals surface area contributed by atoms with Gasteiger partial charge in [-0.15, -0.1) is 0 Å². The molecule has 3 aromatic rings. The first-order valence-electron chi connectivity index (χ1n) is 7.08. The Morgan fingerprint density at radius 3 is 2.65 bits per heavy atom. The summed E-state index contributed by atoms with van der Waals surface area (Å²) in [5.41, 5.74) is 1.50. The fourth-order valence-corrected chi connectivity index (χ4v) is 2.66. The van der Waals surface area contributed by atoms with Gasteiger partial charge >= 0.3 is 0 Å². The second-order valence-electron chi connectivity index (χ2n) is 5.33. The van der Waals surface area contributed by atoms with Crippen LogP contribution in [0.25, 0.3) is 23.1 Å². The van der Waals surface area contributed by atoms with Gasteiger partial charge in [0.05, 0.1) is 5.39 Å². The van der Waals surface area contributed by atoms with Crippen LogP contribution in [0.1, 0.15) is 11.3 Å². The summed E-state index contributed by atoms with van der Waals surface area (Å²) in [7, 11) is 3.89. The molecule has 0 unspecified atom stereocenters. The topological polar surface area (TPSA) is 46.3 Å². The van der Waals surface area contributed by atoms with Crippen molar-refractivity contribution in [3.05, 3.63) is 67.7 Å². The van der Waals surface area contributed by atoms with Crippen LogP contribution in [0.2, 0.25) is 0 Å². The average molecular weight is 418 g/mol. The maximum Gasteiger partial charge on any atom is 0.193 e. The molecule has 0 bridgehead atoms. The van der Waals surface area contributed by atoms with Crippen molar-refractivity contribution in [3.8, 4) is 0 Å². The first kappa shape index (κ1) is 15.7. The molecular formula is C18H15IN2O2. The number of pyridine rings is 1. The lowest BCUT2D eigenvalue weighted by molar-refractivity contribution is 0.591. The van der Waals surface area contributed by atoms with E-state index in [4.69, 9.17) is 4.42 Å². The predicted molar refractivity (Wildman–Crippen MR) is 103 cm³/mol. The molecule has 0 saturated heterocycles. The van der Waals surface area contributed by atoms with Crippen LogP contribution in [0.3, 0.4) is 0 Å². The van der Waals surface area contributed by atoms with Crippen molar-refractivity contribution in [2.45, 2.75) is 0 Å². The van der Waals surface area contributed by atoms with Gasteiger partial charge < -0.3 is 9.32 Å². The lowest BCUT2D eigenvalue weighted by Crippen LogP contribution is -2.09. The van der Waals surface area contributed by atoms with E-state index in [2.05, 4.69) is 27.6 Å². The molecule has 0 aliphatic heterocycles. The maximum absolute atomic E-state index is 12.2. The summed E-state index contributed by atoms with van der Waals surface area (Å²) < 4.78 is 6.77. The van der Waals surface area contributed by atoms with E-state index in [1.54, 1.807) is 12.3 Å². The van der Waals surface area contributed by atoms with Crippen LogP contribution in [-0.2, 0) is 0 Å². The highest BCUT2D eigenvalue weighted by atomic mass is 127. The van der Waals surface area contributed by atoms with Crippen molar-refractivity contribution in [1.82, 2.24) is 4.98 Å². The minimum absolute atomic E-state index is 0.0366. The van der Waals surface area contributed by atoms with Gasteiger partial charge in [0.25, 0.3) is 0 Å². The fourth-order valence-electron chi connectivity index (χ4n) is 2.17. The molecule has 5 heteroatoms. The van der Waals surface area contributed by atoms with E-state index in [9.17, 15) is 4.79 Å². The molecule has 0 N–H and O–H groups in total. The largest absolute Gasteiger partial charge is 0.456 e. The number of aromatic nitrogens is 1. The summed E-state index contributed by atoms with van der Waals surface area (Å²) in [6.45, 7) is 0. The third-order valence-corrected chi connectivity index (χ3v) is 4.05. The number of anilines is 1. The molecule has 0 radical (unpaired) electrons. The van der Waals surface area contributed by atoms with Crippen LogP contribution < -0.4 is 10.3 Å². The molecule has 0 atom stereocenters. The molecular weight excluding hydrogens is 403 g/mol. The molecule has 0 saturated carbocycles. The zero-order chi connectivity index (χ0) is 16.4. The highest BCUT2D eigenvalue weighted by Gasteiger charge is 2.03. The molecule has 4 nitrogen and oxygen atoms in total. The summed E-state index contributed by atoms with van der Waals surface area (Å²) in [6.07, 6.45) is 5.45. The molecule has 0 amide bonds. The number of fused-ring (bicyclic) bond motifs is 1. The molecule has 0 spiro atoms. The molecule has 23 heavy (non-hydrogen) atoms. The van der Waals surface area contributed by atoms with E-state index in [0.717, 1.165) is 15.0 Å². The highest BCUT2D eigenvalue weighted by Crippen LogP contribution is 2.17. The number of hydrogen-bond donors (Lipinski definition) is 0. The maximum atomic E-state index is 12.2. The Morgan fingerprint density at radius 1 is 1.13 bits per heavy atom. The van der Waals surface area contributed by atoms with Crippen molar-refractivity contribution in [3.63, 3.8) is 0 Å². The molecule has 2 heterocycles. The minimum atomic E-state index is -0.0366. The zero-order valence-electron chi connectivity index (χ0n) is 12.8. The van der Waals surface area contributed by atoms with Gasteiger partial charge in [-0.1, -0.05) is 0 Å². The Hall–Kier alpha value is -2.15. The Labute approximate surface area is 147 Å². The van der Waals surface area contributed by atoms with Crippen molar-refractivity contribution in [2.24, 2.45) is 0 Å². The number of nitrogens with zero attached hydrogens (tertiary/aromatic N) is 2. The molecule has 2 aromatic heterocycles. The predicted octanol–water partition coefficient (Wildman–Crippen LogP) is 4.03. The van der Waals surface area contributed by atoms with E-state index in [1.807, 2.05) is 55.4 Å². The van der Waals surface area contributed by atoms with E-state index < -0.39 is 0 Å². The van der Waals surface area contributed by atoms with Crippen LogP contribution in [0, 0.1) is 3.57 Å². The quantitative estimate of drug-likeness (QED) is 0.603. The minimum Gasteiger partial charge on any atom is -0.456 e. The number of hydrogen-bond acceptors (Lipinski definition) is 4. The Morgan fingerprint density at radius 2 is 1.96 bits per heavy atom. The Bertz CT molecular complexity index is 928. The SMILES string of the molecule is CN(C)c1ccc(/C=C/c2cc(=O)c3cc(I)ccc3o2)cn1. The van der Waals surface area contributed by atoms with Gasteiger partial charge in [-0.05, 0) is 70.6 Å². The van der Waals surface area contributed by atoms with Gasteiger partial charge in [0, 0.05) is 29.9 Å². The van der Waals surface area contributed by atoms with Gasteiger partial charge in [0.2, 0.25) is 0 Å². The van der Waals surface area contributed by atoms with Crippen LogP contribution >= 0.6 is 22.6 Å². The number of benzene rings is 1. The normalized spacial score (nSPS) is 11.3. The zero-order valence-corrected chi connectivity index (χ0v) is 14.9. The first-order chi connectivity index (χ1) is 11.0. The van der Waals surface area contributed by atoms with Crippen molar-refractivity contribution >= 4 is 51.5 Å². The van der Waals surface area contributed by atoms with E-state index in [1.165, 1.54) is 6.07 Å². The summed E-state index contributed by atoms with van der Waals surface area (Å²) in [5.74, 6) is 1.43. The van der Waals surface area contributed by atoms with E-state index in [0.29, 0.717) is 16.7 Å². The van der Waals surface area contributed by atoms with Crippen molar-refractivity contribution in [2.75, 3.05) is 19.0 Å². The van der Waals surface area contributed by atoms with Gasteiger partial charge in [-0.25, -0.2) is 4.98 Å². The monoisotopic (exact) mass is 418 g/mol. The third-order valence-electron chi connectivity index (χ3n) is 3.38. The first-order valence-corrected chi connectivity index (χ1v) is 8.16. The summed E-state index contributed by atoms with van der Waals surface area (Å²) in [5, 5.41) is 0.603. The fraction of sp³-hybridized carbons (Fsp3) is 0.111. The average Bonchev–Trinajstić information content (AvgIpc) is 2.54. The molecule has 116 valence electrons. The smallest absolute Gasteiger partial charge is 0.193 e. The molecule has 3 rings (SSSR count). The molecule has 0 aliphatic carbocycles. The van der Waals surface area contributed by atoms with Crippen molar-refractivity contribution in [1.29, 1.82) is 0 Å². The van der Waals surface area contributed by atoms with Gasteiger partial charge in [0.15, 0.2) is 5.43 Å². The molecule has 0 aliphatic rings. The van der Waals surface area contributed by atoms with Gasteiger partial charge in [0.1, 0.15) is 17.2 Å². The molecule has 1 aromatic carbocycles. The molecule has 0 fully saturated rings. The lowest BCUT2D eigenvalue weighted by Gasteiger charge is -2.10. The summed E-state index contributed by atoms with van der Waals surface area (Å²) >= 11 is 2.18. The lowest BCUT2D eigenvalue weighted by atomic mass is 10.2. The second kappa shape index (κ2) is 6.54. The van der Waals surface area contributed by atoms with Crippen LogP contribution in [-0.4, -0.2) is 19.1 Å². The van der Waals surface area contributed by atoms with E-state index >= 15 is 0 Å². The van der Waals surface area contributed by atoms with Crippen molar-refractivity contribution < 1.29 is 4.42 Å². The van der Waals surface area contributed by atoms with Crippen LogP contribution in [0.4, 0.5) is 5.82 Å². The summed E-state index contributed by atoms with van der Waals surface area (Å²) in [6, 6.07) is 11.0. The van der Waals surface area contributed by atoms with Gasteiger partial charge in [-0.3, -0.25) is 4.79 Å². The third kappa shape index (κ3) is 3.61. The number of halogens is 1. The summed E-state index contributed by atoms with van der Waals surface area (Å²) in [4.78, 5) is 18.5. The standard InChI is InChI=1S/C18H15IN2O2/c1-21(2)18-8-4-12(11-20-18)3-6-14-10-16(22)15-9-13(19)5-7-17(15)23-14/h3-11H,1-2H3/b6-3+. The van der Waals surface area contributed by atoms with Crippen LogP contribution in [0.15, 0.2) is 51.8 Å². The van der Waals surface area contributed by atoms with Gasteiger partial charge in [-0.2, -0.15) is 0 Å². The Kier molecular flexibility index (Phi) is 4.47. The highest BCUT2D eigenvalue weighted by molar-refractivity contribution is 14.1. The number of rotatable bonds is 3. The van der Waals surface area contributed by atoms with Crippen LogP contribution in [0.5, 0.6) is 0 Å².